The zero-order valence-corrected chi connectivity index (χ0v) is 15.6. The van der Waals surface area contributed by atoms with Gasteiger partial charge in [0, 0.05) is 11.3 Å². The Morgan fingerprint density at radius 3 is 2.29 bits per heavy atom. The summed E-state index contributed by atoms with van der Waals surface area (Å²) >= 11 is 1.76. The van der Waals surface area contributed by atoms with Crippen LogP contribution in [0, 0.1) is 11.3 Å². The maximum Gasteiger partial charge on any atom is 0.316 e. The van der Waals surface area contributed by atoms with Gasteiger partial charge in [0.25, 0.3) is 0 Å². The Bertz CT molecular complexity index is 344. The normalized spacial score (nSPS) is 27.5. The molecule has 0 saturated heterocycles. The quantitative estimate of drug-likeness (QED) is 0.799. The number of carbonyl (C=O) groups is 1. The van der Waals surface area contributed by atoms with E-state index < -0.39 is 0 Å². The van der Waals surface area contributed by atoms with Crippen molar-refractivity contribution < 1.29 is 9.53 Å². The molecule has 0 spiro atoms. The summed E-state index contributed by atoms with van der Waals surface area (Å²) in [5.74, 6) is 1.09. The van der Waals surface area contributed by atoms with Crippen LogP contribution in [0.1, 0.15) is 60.8 Å². The highest BCUT2D eigenvalue weighted by Crippen LogP contribution is 2.41. The number of rotatable bonds is 4. The van der Waals surface area contributed by atoms with Crippen molar-refractivity contribution in [2.75, 3.05) is 12.8 Å². The molecule has 0 amide bonds. The van der Waals surface area contributed by atoms with Crippen LogP contribution < -0.4 is 5.32 Å². The largest absolute Gasteiger partial charge is 0.459 e. The van der Waals surface area contributed by atoms with E-state index >= 15 is 0 Å². The Hall–Kier alpha value is -0.220. The minimum atomic E-state index is -0.388. The fourth-order valence-electron chi connectivity index (χ4n) is 2.98. The lowest BCUT2D eigenvalue weighted by Crippen LogP contribution is -2.43. The van der Waals surface area contributed by atoms with Gasteiger partial charge >= 0.3 is 5.97 Å². The molecule has 0 radical (unpaired) electrons. The van der Waals surface area contributed by atoms with Crippen LogP contribution in [0.2, 0.25) is 0 Å². The summed E-state index contributed by atoms with van der Waals surface area (Å²) in [4.78, 5) is 11.9. The lowest BCUT2D eigenvalue weighted by atomic mass is 9.71. The van der Waals surface area contributed by atoms with Crippen LogP contribution >= 0.6 is 11.8 Å². The molecule has 0 aromatic heterocycles. The molecule has 3 unspecified atom stereocenters. The Balaban J connectivity index is 2.55. The van der Waals surface area contributed by atoms with E-state index in [0.717, 1.165) is 5.92 Å². The average molecular weight is 316 g/mol. The number of ether oxygens (including phenoxy) is 1. The Labute approximate surface area is 135 Å². The average Bonchev–Trinajstić information content (AvgIpc) is 2.32. The van der Waals surface area contributed by atoms with Gasteiger partial charge in [-0.1, -0.05) is 20.8 Å². The van der Waals surface area contributed by atoms with E-state index in [2.05, 4.69) is 26.1 Å². The molecule has 21 heavy (non-hydrogen) atoms. The molecule has 1 aliphatic carbocycles. The highest BCUT2D eigenvalue weighted by molar-refractivity contribution is 8.00. The minimum Gasteiger partial charge on any atom is -0.459 e. The monoisotopic (exact) mass is 315 g/mol. The van der Waals surface area contributed by atoms with Crippen LogP contribution in [0.5, 0.6) is 0 Å². The lowest BCUT2D eigenvalue weighted by molar-refractivity contribution is -0.151. The van der Waals surface area contributed by atoms with Crippen LogP contribution in [0.4, 0.5) is 0 Å². The molecule has 1 aliphatic rings. The lowest BCUT2D eigenvalue weighted by Gasteiger charge is -2.41. The van der Waals surface area contributed by atoms with E-state index in [1.807, 2.05) is 27.8 Å². The van der Waals surface area contributed by atoms with Gasteiger partial charge in [-0.3, -0.25) is 4.79 Å². The molecule has 0 aliphatic heterocycles. The van der Waals surface area contributed by atoms with E-state index in [-0.39, 0.29) is 11.6 Å². The number of hydrogen-bond acceptors (Lipinski definition) is 4. The van der Waals surface area contributed by atoms with Crippen LogP contribution in [0.3, 0.4) is 0 Å². The second-order valence-corrected chi connectivity index (χ2v) is 9.43. The standard InChI is InChI=1S/C17H33NO2S/c1-16(2,3)12-8-9-13(18-7)14(10-12)21-11-15(19)20-17(4,5)6/h12-14,18H,8-11H2,1-7H3. The smallest absolute Gasteiger partial charge is 0.316 e. The van der Waals surface area contributed by atoms with Gasteiger partial charge in [-0.25, -0.2) is 0 Å². The van der Waals surface area contributed by atoms with E-state index in [4.69, 9.17) is 4.74 Å². The summed E-state index contributed by atoms with van der Waals surface area (Å²) in [6.07, 6.45) is 3.66. The summed E-state index contributed by atoms with van der Waals surface area (Å²) in [5, 5.41) is 3.93. The van der Waals surface area contributed by atoms with Crippen molar-refractivity contribution in [3.8, 4) is 0 Å². The number of hydrogen-bond donors (Lipinski definition) is 1. The maximum atomic E-state index is 11.9. The molecule has 1 rings (SSSR count). The first kappa shape index (κ1) is 18.8. The van der Waals surface area contributed by atoms with Crippen molar-refractivity contribution >= 4 is 17.7 Å². The van der Waals surface area contributed by atoms with Gasteiger partial charge in [0.2, 0.25) is 0 Å². The molecule has 1 saturated carbocycles. The molecule has 3 nitrogen and oxygen atoms in total. The van der Waals surface area contributed by atoms with Crippen molar-refractivity contribution in [1.82, 2.24) is 5.32 Å². The van der Waals surface area contributed by atoms with E-state index in [0.29, 0.717) is 22.5 Å². The number of esters is 1. The third-order valence-electron chi connectivity index (χ3n) is 4.22. The third kappa shape index (κ3) is 6.60. The number of carbonyl (C=O) groups excluding carboxylic acids is 1. The summed E-state index contributed by atoms with van der Waals surface area (Å²) in [6.45, 7) is 12.7. The van der Waals surface area contributed by atoms with Crippen molar-refractivity contribution in [3.05, 3.63) is 0 Å². The van der Waals surface area contributed by atoms with Gasteiger partial charge < -0.3 is 10.1 Å². The first-order valence-corrected chi connectivity index (χ1v) is 9.08. The molecular formula is C17H33NO2S. The Morgan fingerprint density at radius 2 is 1.81 bits per heavy atom. The van der Waals surface area contributed by atoms with Gasteiger partial charge in [0.05, 0.1) is 5.75 Å². The molecule has 3 atom stereocenters. The molecule has 4 heteroatoms. The fourth-order valence-corrected chi connectivity index (χ4v) is 4.26. The Morgan fingerprint density at radius 1 is 1.19 bits per heavy atom. The first-order valence-electron chi connectivity index (χ1n) is 8.03. The first-order chi connectivity index (χ1) is 9.53. The molecule has 0 bridgehead atoms. The third-order valence-corrected chi connectivity index (χ3v) is 5.57. The second-order valence-electron chi connectivity index (χ2n) is 8.21. The molecular weight excluding hydrogens is 282 g/mol. The number of nitrogens with one attached hydrogen (secondary N) is 1. The molecule has 0 heterocycles. The molecule has 1 N–H and O–H groups in total. The van der Waals surface area contributed by atoms with Crippen LogP contribution in [-0.2, 0) is 9.53 Å². The van der Waals surface area contributed by atoms with E-state index in [1.54, 1.807) is 11.8 Å². The zero-order valence-electron chi connectivity index (χ0n) is 14.8. The predicted octanol–water partition coefficient (Wildman–Crippen LogP) is 3.86. The topological polar surface area (TPSA) is 38.3 Å². The molecule has 0 aromatic carbocycles. The SMILES string of the molecule is CNC1CCC(C(C)(C)C)CC1SCC(=O)OC(C)(C)C. The highest BCUT2D eigenvalue weighted by atomic mass is 32.2. The Kier molecular flexibility index (Phi) is 6.60. The highest BCUT2D eigenvalue weighted by Gasteiger charge is 2.35. The van der Waals surface area contributed by atoms with Crippen molar-refractivity contribution in [1.29, 1.82) is 0 Å². The van der Waals surface area contributed by atoms with Gasteiger partial charge in [0.15, 0.2) is 0 Å². The molecule has 0 aromatic rings. The van der Waals surface area contributed by atoms with Gasteiger partial charge in [-0.15, -0.1) is 11.8 Å². The summed E-state index contributed by atoms with van der Waals surface area (Å²) in [7, 11) is 2.03. The van der Waals surface area contributed by atoms with E-state index in [9.17, 15) is 4.79 Å². The van der Waals surface area contributed by atoms with Crippen molar-refractivity contribution in [2.24, 2.45) is 11.3 Å². The molecule has 1 fully saturated rings. The van der Waals surface area contributed by atoms with Gasteiger partial charge in [-0.2, -0.15) is 0 Å². The van der Waals surface area contributed by atoms with Gasteiger partial charge in [-0.05, 0) is 58.4 Å². The van der Waals surface area contributed by atoms with Crippen LogP contribution in [0.25, 0.3) is 0 Å². The van der Waals surface area contributed by atoms with Crippen LogP contribution in [0.15, 0.2) is 0 Å². The summed E-state index contributed by atoms with van der Waals surface area (Å²) < 4.78 is 5.41. The fraction of sp³-hybridized carbons (Fsp3) is 0.941. The second kappa shape index (κ2) is 7.36. The summed E-state index contributed by atoms with van der Waals surface area (Å²) in [6, 6.07) is 0.510. The van der Waals surface area contributed by atoms with Crippen molar-refractivity contribution in [2.45, 2.75) is 77.7 Å². The zero-order chi connectivity index (χ0) is 16.3. The molecule has 124 valence electrons. The maximum absolute atomic E-state index is 11.9. The minimum absolute atomic E-state index is 0.0970. The van der Waals surface area contributed by atoms with E-state index in [1.165, 1.54) is 19.3 Å². The van der Waals surface area contributed by atoms with Crippen molar-refractivity contribution in [3.63, 3.8) is 0 Å². The number of thioether (sulfide) groups is 1. The van der Waals surface area contributed by atoms with Crippen LogP contribution in [-0.4, -0.2) is 35.7 Å². The predicted molar refractivity (Wildman–Crippen MR) is 91.7 cm³/mol. The summed E-state index contributed by atoms with van der Waals surface area (Å²) in [5.41, 5.74) is -0.0377. The van der Waals surface area contributed by atoms with Gasteiger partial charge in [0.1, 0.15) is 5.60 Å².